The van der Waals surface area contributed by atoms with Crippen molar-refractivity contribution in [1.82, 2.24) is 24.1 Å². The lowest BCUT2D eigenvalue weighted by molar-refractivity contribution is 0.290. The van der Waals surface area contributed by atoms with Crippen LogP contribution < -0.4 is 10.3 Å². The van der Waals surface area contributed by atoms with E-state index in [2.05, 4.69) is 15.2 Å². The summed E-state index contributed by atoms with van der Waals surface area (Å²) in [6, 6.07) is 12.6. The van der Waals surface area contributed by atoms with Gasteiger partial charge in [0.25, 0.3) is 5.56 Å². The average molecular weight is 428 g/mol. The molecule has 3 heterocycles. The fraction of sp³-hybridized carbons (Fsp3) is 0.200. The van der Waals surface area contributed by atoms with E-state index in [-0.39, 0.29) is 12.2 Å². The van der Waals surface area contributed by atoms with Crippen LogP contribution in [0.3, 0.4) is 0 Å². The van der Waals surface area contributed by atoms with Crippen LogP contribution in [0.1, 0.15) is 17.1 Å². The normalized spacial score (nSPS) is 11.1. The minimum absolute atomic E-state index is 0.0962. The molecular weight excluding hydrogens is 410 g/mol. The van der Waals surface area contributed by atoms with Gasteiger partial charge in [-0.05, 0) is 30.7 Å². The molecule has 29 heavy (non-hydrogen) atoms. The second-order valence-electron chi connectivity index (χ2n) is 6.44. The summed E-state index contributed by atoms with van der Waals surface area (Å²) in [4.78, 5) is 17.0. The molecule has 9 heteroatoms. The zero-order valence-corrected chi connectivity index (χ0v) is 17.4. The van der Waals surface area contributed by atoms with Gasteiger partial charge in [0.15, 0.2) is 11.0 Å². The number of thioether (sulfide) groups is 1. The number of ether oxygens (including phenoxy) is 1. The molecule has 1 aromatic carbocycles. The van der Waals surface area contributed by atoms with E-state index in [1.165, 1.54) is 11.8 Å². The predicted molar refractivity (Wildman–Crippen MR) is 113 cm³/mol. The second kappa shape index (κ2) is 8.26. The molecule has 0 amide bonds. The fourth-order valence-corrected chi connectivity index (χ4v) is 3.83. The molecule has 3 aromatic heterocycles. The Morgan fingerprint density at radius 2 is 2.00 bits per heavy atom. The van der Waals surface area contributed by atoms with Crippen molar-refractivity contribution in [1.29, 1.82) is 0 Å². The van der Waals surface area contributed by atoms with Crippen molar-refractivity contribution in [2.45, 2.75) is 24.4 Å². The first-order chi connectivity index (χ1) is 14.0. The first kappa shape index (κ1) is 19.5. The van der Waals surface area contributed by atoms with Gasteiger partial charge in [-0.15, -0.1) is 10.2 Å². The van der Waals surface area contributed by atoms with Gasteiger partial charge < -0.3 is 9.30 Å². The number of aromatic nitrogens is 5. The maximum absolute atomic E-state index is 12.3. The molecule has 4 aromatic rings. The van der Waals surface area contributed by atoms with E-state index in [9.17, 15) is 4.79 Å². The van der Waals surface area contributed by atoms with E-state index in [0.29, 0.717) is 33.7 Å². The zero-order valence-electron chi connectivity index (χ0n) is 15.9. The first-order valence-electron chi connectivity index (χ1n) is 8.89. The Bertz CT molecular complexity index is 1240. The quantitative estimate of drug-likeness (QED) is 0.437. The standard InChI is InChI=1S/C20H18ClN5O2S/c1-13-6-5-9-26-18(27)10-14(22-19(13)26)12-29-20-24-23-17(25(20)2)11-28-16-8-4-3-7-15(16)21/h3-10H,11-12H2,1-2H3. The summed E-state index contributed by atoms with van der Waals surface area (Å²) < 4.78 is 9.15. The first-order valence-corrected chi connectivity index (χ1v) is 10.3. The van der Waals surface area contributed by atoms with Gasteiger partial charge in [-0.3, -0.25) is 9.20 Å². The third kappa shape index (κ3) is 4.13. The molecule has 0 saturated heterocycles. The predicted octanol–water partition coefficient (Wildman–Crippen LogP) is 3.66. The lowest BCUT2D eigenvalue weighted by Crippen LogP contribution is -2.15. The molecule has 148 valence electrons. The van der Waals surface area contributed by atoms with Gasteiger partial charge in [-0.1, -0.05) is 41.6 Å². The van der Waals surface area contributed by atoms with Crippen LogP contribution in [-0.4, -0.2) is 24.1 Å². The Labute approximate surface area is 176 Å². The molecule has 0 aliphatic carbocycles. The van der Waals surface area contributed by atoms with Crippen molar-refractivity contribution < 1.29 is 4.74 Å². The number of pyridine rings is 1. The van der Waals surface area contributed by atoms with Crippen molar-refractivity contribution in [3.63, 3.8) is 0 Å². The maximum atomic E-state index is 12.3. The third-order valence-corrected chi connectivity index (χ3v) is 5.77. The molecule has 0 bridgehead atoms. The van der Waals surface area contributed by atoms with Gasteiger partial charge >= 0.3 is 0 Å². The number of para-hydroxylation sites is 1. The SMILES string of the molecule is Cc1cccn2c(=O)cc(CSc3nnc(COc4ccccc4Cl)n3C)nc12. The Morgan fingerprint density at radius 3 is 2.83 bits per heavy atom. The lowest BCUT2D eigenvalue weighted by Gasteiger charge is -2.08. The van der Waals surface area contributed by atoms with Crippen LogP contribution >= 0.6 is 23.4 Å². The third-order valence-electron chi connectivity index (χ3n) is 4.41. The van der Waals surface area contributed by atoms with E-state index >= 15 is 0 Å². The fourth-order valence-electron chi connectivity index (χ4n) is 2.82. The van der Waals surface area contributed by atoms with Crippen LogP contribution in [0.2, 0.25) is 5.02 Å². The second-order valence-corrected chi connectivity index (χ2v) is 7.79. The van der Waals surface area contributed by atoms with Gasteiger partial charge in [0.05, 0.1) is 10.7 Å². The average Bonchev–Trinajstić information content (AvgIpc) is 3.06. The smallest absolute Gasteiger partial charge is 0.258 e. The van der Waals surface area contributed by atoms with Crippen LogP contribution in [0.5, 0.6) is 5.75 Å². The van der Waals surface area contributed by atoms with Gasteiger partial charge in [0, 0.05) is 25.1 Å². The van der Waals surface area contributed by atoms with E-state index in [4.69, 9.17) is 16.3 Å². The number of nitrogens with zero attached hydrogens (tertiary/aromatic N) is 5. The van der Waals surface area contributed by atoms with Crippen LogP contribution in [-0.2, 0) is 19.4 Å². The van der Waals surface area contributed by atoms with Crippen molar-refractivity contribution >= 4 is 29.0 Å². The molecule has 0 fully saturated rings. The molecule has 0 N–H and O–H groups in total. The van der Waals surface area contributed by atoms with E-state index in [1.54, 1.807) is 28.8 Å². The summed E-state index contributed by atoms with van der Waals surface area (Å²) >= 11 is 7.58. The summed E-state index contributed by atoms with van der Waals surface area (Å²) in [6.45, 7) is 2.19. The highest BCUT2D eigenvalue weighted by Crippen LogP contribution is 2.25. The Kier molecular flexibility index (Phi) is 5.55. The van der Waals surface area contributed by atoms with E-state index in [0.717, 1.165) is 10.7 Å². The highest BCUT2D eigenvalue weighted by molar-refractivity contribution is 7.98. The van der Waals surface area contributed by atoms with Crippen LogP contribution in [0.15, 0.2) is 58.6 Å². The van der Waals surface area contributed by atoms with Crippen LogP contribution in [0, 0.1) is 6.92 Å². The highest BCUT2D eigenvalue weighted by atomic mass is 35.5. The van der Waals surface area contributed by atoms with Gasteiger partial charge in [0.2, 0.25) is 0 Å². The van der Waals surface area contributed by atoms with Crippen molar-refractivity contribution in [2.24, 2.45) is 7.05 Å². The number of hydrogen-bond donors (Lipinski definition) is 0. The zero-order chi connectivity index (χ0) is 20.4. The molecule has 4 rings (SSSR count). The Hall–Kier alpha value is -2.84. The minimum atomic E-state index is -0.0962. The molecule has 0 unspecified atom stereocenters. The highest BCUT2D eigenvalue weighted by Gasteiger charge is 2.12. The molecule has 0 spiro atoms. The summed E-state index contributed by atoms with van der Waals surface area (Å²) in [5.41, 5.74) is 2.23. The molecule has 0 saturated carbocycles. The molecular formula is C20H18ClN5O2S. The molecule has 0 radical (unpaired) electrons. The largest absolute Gasteiger partial charge is 0.484 e. The monoisotopic (exact) mass is 427 g/mol. The number of halogens is 1. The summed E-state index contributed by atoms with van der Waals surface area (Å²) in [7, 11) is 1.88. The number of benzene rings is 1. The van der Waals surface area contributed by atoms with Gasteiger partial charge in [-0.25, -0.2) is 4.98 Å². The van der Waals surface area contributed by atoms with Crippen LogP contribution in [0.25, 0.3) is 5.65 Å². The minimum Gasteiger partial charge on any atom is -0.484 e. The Morgan fingerprint density at radius 1 is 1.17 bits per heavy atom. The number of hydrogen-bond acceptors (Lipinski definition) is 6. The van der Waals surface area contributed by atoms with E-state index in [1.807, 2.05) is 42.8 Å². The van der Waals surface area contributed by atoms with Gasteiger partial charge in [-0.2, -0.15) is 0 Å². The molecule has 0 atom stereocenters. The topological polar surface area (TPSA) is 74.3 Å². The van der Waals surface area contributed by atoms with Crippen molar-refractivity contribution in [2.75, 3.05) is 0 Å². The van der Waals surface area contributed by atoms with Crippen molar-refractivity contribution in [3.05, 3.63) is 81.1 Å². The van der Waals surface area contributed by atoms with Crippen LogP contribution in [0.4, 0.5) is 0 Å². The summed E-state index contributed by atoms with van der Waals surface area (Å²) in [6.07, 6.45) is 1.72. The number of rotatable bonds is 6. The number of fused-ring (bicyclic) bond motifs is 1. The Balaban J connectivity index is 1.47. The summed E-state index contributed by atoms with van der Waals surface area (Å²) in [5.74, 6) is 1.79. The van der Waals surface area contributed by atoms with Crippen molar-refractivity contribution in [3.8, 4) is 5.75 Å². The van der Waals surface area contributed by atoms with E-state index < -0.39 is 0 Å². The molecule has 0 aliphatic rings. The number of aryl methyl sites for hydroxylation is 1. The lowest BCUT2D eigenvalue weighted by atomic mass is 10.3. The maximum Gasteiger partial charge on any atom is 0.258 e. The molecule has 7 nitrogen and oxygen atoms in total. The summed E-state index contributed by atoms with van der Waals surface area (Å²) in [5, 5.41) is 9.68. The van der Waals surface area contributed by atoms with Gasteiger partial charge in [0.1, 0.15) is 18.0 Å². The molecule has 0 aliphatic heterocycles.